The van der Waals surface area contributed by atoms with Crippen molar-refractivity contribution in [2.45, 2.75) is 0 Å². The first-order valence-corrected chi connectivity index (χ1v) is 20.3. The van der Waals surface area contributed by atoms with E-state index >= 15 is 0 Å². The third-order valence-electron chi connectivity index (χ3n) is 11.7. The van der Waals surface area contributed by atoms with Crippen molar-refractivity contribution in [1.29, 1.82) is 0 Å². The zero-order valence-corrected chi connectivity index (χ0v) is 31.7. The van der Waals surface area contributed by atoms with E-state index in [0.29, 0.717) is 0 Å². The van der Waals surface area contributed by atoms with Gasteiger partial charge in [0.1, 0.15) is 0 Å². The van der Waals surface area contributed by atoms with Crippen LogP contribution in [0.3, 0.4) is 0 Å². The van der Waals surface area contributed by atoms with Gasteiger partial charge in [-0.1, -0.05) is 152 Å². The van der Waals surface area contributed by atoms with Gasteiger partial charge in [-0.3, -0.25) is 0 Å². The summed E-state index contributed by atoms with van der Waals surface area (Å²) < 4.78 is 7.57. The molecule has 12 rings (SSSR count). The summed E-state index contributed by atoms with van der Waals surface area (Å²) in [5.41, 5.74) is 14.5. The Morgan fingerprint density at radius 1 is 0.298 bits per heavy atom. The quantitative estimate of drug-likeness (QED) is 0.166. The van der Waals surface area contributed by atoms with Crippen LogP contribution in [0.15, 0.2) is 206 Å². The molecule has 0 aliphatic heterocycles. The van der Waals surface area contributed by atoms with Gasteiger partial charge in [0.05, 0.1) is 38.1 Å². The van der Waals surface area contributed by atoms with Crippen LogP contribution in [-0.4, -0.2) is 9.13 Å². The second-order valence-corrected chi connectivity index (χ2v) is 15.9. The van der Waals surface area contributed by atoms with Gasteiger partial charge in [-0.15, -0.1) is 11.3 Å². The molecule has 0 radical (unpaired) electrons. The van der Waals surface area contributed by atoms with E-state index in [4.69, 9.17) is 0 Å². The van der Waals surface area contributed by atoms with Crippen molar-refractivity contribution in [3.05, 3.63) is 206 Å². The SMILES string of the molecule is c1ccc(-c2ccccc2-n2c3ccc(-c4ccc5c(c4)c4ccccc4n5-c4cccc5c4sc4ccccc45)cc3c3c(-c4ccccc4)cccc32)cc1. The van der Waals surface area contributed by atoms with Gasteiger partial charge in [-0.05, 0) is 82.4 Å². The first-order valence-electron chi connectivity index (χ1n) is 19.5. The molecule has 2 nitrogen and oxygen atoms in total. The summed E-state index contributed by atoms with van der Waals surface area (Å²) in [4.78, 5) is 0. The molecule has 0 aliphatic carbocycles. The highest BCUT2D eigenvalue weighted by Crippen LogP contribution is 2.44. The molecule has 3 aromatic heterocycles. The molecule has 0 bridgehead atoms. The van der Waals surface area contributed by atoms with E-state index in [0.717, 1.165) is 0 Å². The lowest BCUT2D eigenvalue weighted by atomic mass is 9.97. The Kier molecular flexibility index (Phi) is 7.13. The van der Waals surface area contributed by atoms with Crippen molar-refractivity contribution in [3.63, 3.8) is 0 Å². The van der Waals surface area contributed by atoms with Crippen LogP contribution in [0.4, 0.5) is 0 Å². The third kappa shape index (κ3) is 4.89. The van der Waals surface area contributed by atoms with Crippen LogP contribution in [0.25, 0.3) is 109 Å². The average Bonchev–Trinajstić information content (AvgIpc) is 3.94. The van der Waals surface area contributed by atoms with Crippen LogP contribution in [-0.2, 0) is 0 Å². The molecule has 266 valence electrons. The number of benzene rings is 9. The Bertz CT molecular complexity index is 3510. The molecule has 0 N–H and O–H groups in total. The maximum absolute atomic E-state index is 2.47. The fraction of sp³-hybridized carbons (Fsp3) is 0. The number of aromatic nitrogens is 2. The van der Waals surface area contributed by atoms with Crippen molar-refractivity contribution in [2.75, 3.05) is 0 Å². The highest BCUT2D eigenvalue weighted by atomic mass is 32.1. The largest absolute Gasteiger partial charge is 0.309 e. The van der Waals surface area contributed by atoms with Gasteiger partial charge in [0.15, 0.2) is 0 Å². The predicted octanol–water partition coefficient (Wildman–Crippen LogP) is 15.2. The molecule has 3 heteroatoms. The summed E-state index contributed by atoms with van der Waals surface area (Å²) in [5.74, 6) is 0. The van der Waals surface area contributed by atoms with Gasteiger partial charge in [-0.25, -0.2) is 0 Å². The number of hydrogen-bond acceptors (Lipinski definition) is 1. The molecule has 0 aliphatic rings. The maximum atomic E-state index is 2.47. The lowest BCUT2D eigenvalue weighted by molar-refractivity contribution is 1.18. The summed E-state index contributed by atoms with van der Waals surface area (Å²) in [6, 6.07) is 75.6. The highest BCUT2D eigenvalue weighted by molar-refractivity contribution is 7.26. The normalized spacial score (nSPS) is 11.9. The summed E-state index contributed by atoms with van der Waals surface area (Å²) in [6.45, 7) is 0. The summed E-state index contributed by atoms with van der Waals surface area (Å²) in [6.07, 6.45) is 0. The standard InChI is InChI=1S/C54H34N2S/c1-3-15-35(16-4-1)39-19-7-10-24-46(39)55-49-32-30-38(34-45(49)53-40(22-13-26-50(53)55)36-17-5-2-6-18-36)37-29-31-48-44(33-37)41-20-8-11-25-47(41)56(48)51-27-14-23-43-42-21-9-12-28-52(42)57-54(43)51/h1-34H. The van der Waals surface area contributed by atoms with Crippen LogP contribution >= 0.6 is 11.3 Å². The molecule has 9 aromatic carbocycles. The molecular weight excluding hydrogens is 709 g/mol. The minimum Gasteiger partial charge on any atom is -0.309 e. The van der Waals surface area contributed by atoms with E-state index in [1.54, 1.807) is 0 Å². The molecule has 12 aromatic rings. The maximum Gasteiger partial charge on any atom is 0.0640 e. The summed E-state index contributed by atoms with van der Waals surface area (Å²) in [5, 5.41) is 7.64. The van der Waals surface area contributed by atoms with Crippen molar-refractivity contribution in [2.24, 2.45) is 0 Å². The highest BCUT2D eigenvalue weighted by Gasteiger charge is 2.21. The molecule has 0 fully saturated rings. The molecular formula is C54H34N2S. The number of fused-ring (bicyclic) bond motifs is 9. The summed E-state index contributed by atoms with van der Waals surface area (Å²) >= 11 is 1.88. The molecule has 0 unspecified atom stereocenters. The number of nitrogens with zero attached hydrogens (tertiary/aromatic N) is 2. The predicted molar refractivity (Wildman–Crippen MR) is 244 cm³/mol. The molecule has 0 saturated carbocycles. The number of hydrogen-bond donors (Lipinski definition) is 0. The number of para-hydroxylation sites is 2. The minimum atomic E-state index is 1.17. The van der Waals surface area contributed by atoms with Crippen molar-refractivity contribution < 1.29 is 0 Å². The van der Waals surface area contributed by atoms with Gasteiger partial charge in [-0.2, -0.15) is 0 Å². The van der Waals surface area contributed by atoms with Gasteiger partial charge < -0.3 is 9.13 Å². The molecule has 3 heterocycles. The van der Waals surface area contributed by atoms with Crippen LogP contribution in [0.2, 0.25) is 0 Å². The second kappa shape index (κ2) is 12.7. The van der Waals surface area contributed by atoms with Crippen LogP contribution in [0.1, 0.15) is 0 Å². The van der Waals surface area contributed by atoms with E-state index in [9.17, 15) is 0 Å². The zero-order chi connectivity index (χ0) is 37.5. The van der Waals surface area contributed by atoms with Crippen LogP contribution in [0, 0.1) is 0 Å². The van der Waals surface area contributed by atoms with E-state index in [1.165, 1.54) is 109 Å². The zero-order valence-electron chi connectivity index (χ0n) is 30.9. The van der Waals surface area contributed by atoms with Crippen molar-refractivity contribution in [3.8, 4) is 44.8 Å². The molecule has 0 spiro atoms. The van der Waals surface area contributed by atoms with Crippen LogP contribution in [0.5, 0.6) is 0 Å². The second-order valence-electron chi connectivity index (χ2n) is 14.9. The Morgan fingerprint density at radius 2 is 0.825 bits per heavy atom. The fourth-order valence-corrected chi connectivity index (χ4v) is 10.4. The monoisotopic (exact) mass is 742 g/mol. The first-order chi connectivity index (χ1) is 28.3. The smallest absolute Gasteiger partial charge is 0.0640 e. The Morgan fingerprint density at radius 3 is 1.63 bits per heavy atom. The van der Waals surface area contributed by atoms with Gasteiger partial charge in [0, 0.05) is 42.6 Å². The van der Waals surface area contributed by atoms with E-state index in [2.05, 4.69) is 215 Å². The average molecular weight is 743 g/mol. The Balaban J connectivity index is 1.10. The Hall–Kier alpha value is -7.20. The van der Waals surface area contributed by atoms with Crippen molar-refractivity contribution in [1.82, 2.24) is 9.13 Å². The topological polar surface area (TPSA) is 9.86 Å². The van der Waals surface area contributed by atoms with E-state index < -0.39 is 0 Å². The summed E-state index contributed by atoms with van der Waals surface area (Å²) in [7, 11) is 0. The molecule has 0 amide bonds. The van der Waals surface area contributed by atoms with Crippen LogP contribution < -0.4 is 0 Å². The molecule has 57 heavy (non-hydrogen) atoms. The molecule has 0 atom stereocenters. The third-order valence-corrected chi connectivity index (χ3v) is 12.9. The minimum absolute atomic E-state index is 1.17. The van der Waals surface area contributed by atoms with Crippen molar-refractivity contribution >= 4 is 75.1 Å². The van der Waals surface area contributed by atoms with Gasteiger partial charge in [0.2, 0.25) is 0 Å². The fourth-order valence-electron chi connectivity index (χ4n) is 9.22. The number of rotatable bonds is 5. The lowest BCUT2D eigenvalue weighted by Crippen LogP contribution is -1.97. The lowest BCUT2D eigenvalue weighted by Gasteiger charge is -2.14. The van der Waals surface area contributed by atoms with E-state index in [1.807, 2.05) is 11.3 Å². The molecule has 0 saturated heterocycles. The van der Waals surface area contributed by atoms with Gasteiger partial charge >= 0.3 is 0 Å². The van der Waals surface area contributed by atoms with Gasteiger partial charge in [0.25, 0.3) is 0 Å². The number of thiophene rings is 1. The Labute approximate surface area is 333 Å². The first kappa shape index (κ1) is 32.1. The van der Waals surface area contributed by atoms with E-state index in [-0.39, 0.29) is 0 Å².